The molecule has 0 saturated heterocycles. The normalized spacial score (nSPS) is 11.3. The summed E-state index contributed by atoms with van der Waals surface area (Å²) in [7, 11) is -4.11. The van der Waals surface area contributed by atoms with E-state index in [2.05, 4.69) is 10.3 Å². The molecule has 1 aromatic carbocycles. The second-order valence-corrected chi connectivity index (χ2v) is 4.86. The van der Waals surface area contributed by atoms with Crippen molar-refractivity contribution >= 4 is 21.8 Å². The number of aliphatic imine (C=N–C) groups is 1. The van der Waals surface area contributed by atoms with Gasteiger partial charge < -0.3 is 10.4 Å². The molecule has 0 bridgehead atoms. The maximum atomic E-state index is 11.2. The summed E-state index contributed by atoms with van der Waals surface area (Å²) in [5.74, 6) is -0.603. The Hall–Kier alpha value is -1.11. The van der Waals surface area contributed by atoms with Crippen LogP contribution in [-0.2, 0) is 10.1 Å². The first-order valence-electron chi connectivity index (χ1n) is 4.84. The van der Waals surface area contributed by atoms with E-state index in [1.807, 2.05) is 6.07 Å². The molecule has 19 heavy (non-hydrogen) atoms. The van der Waals surface area contributed by atoms with Crippen LogP contribution in [0.15, 0.2) is 29.3 Å². The number of hydrogen-bond acceptors (Lipinski definition) is 5. The van der Waals surface area contributed by atoms with E-state index in [1.165, 1.54) is 24.3 Å². The van der Waals surface area contributed by atoms with Crippen LogP contribution in [0.2, 0.25) is 0 Å². The molecule has 0 unspecified atom stereocenters. The summed E-state index contributed by atoms with van der Waals surface area (Å²) in [5, 5.41) is 22.2. The SMILES string of the molecule is N#Cc1ccc(NC([O-])=NCCS(=O)(=O)O)cc1.[Na+]. The molecular formula is C10H10N3NaO4S. The van der Waals surface area contributed by atoms with Gasteiger partial charge in [-0.2, -0.15) is 13.7 Å². The van der Waals surface area contributed by atoms with Gasteiger partial charge in [-0.1, -0.05) is 0 Å². The van der Waals surface area contributed by atoms with E-state index in [0.717, 1.165) is 0 Å². The smallest absolute Gasteiger partial charge is 0.846 e. The predicted molar refractivity (Wildman–Crippen MR) is 63.5 cm³/mol. The van der Waals surface area contributed by atoms with Crippen molar-refractivity contribution in [2.24, 2.45) is 4.99 Å². The van der Waals surface area contributed by atoms with Crippen LogP contribution in [-0.4, -0.2) is 31.3 Å². The quantitative estimate of drug-likeness (QED) is 0.257. The maximum absolute atomic E-state index is 11.2. The van der Waals surface area contributed by atoms with Crippen LogP contribution in [0.5, 0.6) is 0 Å². The second kappa shape index (κ2) is 8.14. The molecule has 0 radical (unpaired) electrons. The molecule has 0 saturated carbocycles. The summed E-state index contributed by atoms with van der Waals surface area (Å²) in [6.45, 7) is -0.319. The number of hydrogen-bond donors (Lipinski definition) is 2. The van der Waals surface area contributed by atoms with Crippen molar-refractivity contribution in [2.45, 2.75) is 0 Å². The van der Waals surface area contributed by atoms with E-state index in [-0.39, 0.29) is 36.1 Å². The Labute approximate surface area is 133 Å². The van der Waals surface area contributed by atoms with Crippen molar-refractivity contribution in [1.29, 1.82) is 5.26 Å². The molecule has 1 rings (SSSR count). The van der Waals surface area contributed by atoms with Crippen LogP contribution in [0.3, 0.4) is 0 Å². The number of anilines is 1. The van der Waals surface area contributed by atoms with Crippen molar-refractivity contribution in [1.82, 2.24) is 0 Å². The minimum absolute atomic E-state index is 0. The molecule has 7 nitrogen and oxygen atoms in total. The van der Waals surface area contributed by atoms with Gasteiger partial charge in [0, 0.05) is 5.69 Å². The molecule has 2 N–H and O–H groups in total. The van der Waals surface area contributed by atoms with Crippen LogP contribution >= 0.6 is 0 Å². The Bertz CT molecular complexity index is 578. The molecule has 0 heterocycles. The number of benzene rings is 1. The average Bonchev–Trinajstić information content (AvgIpc) is 2.28. The third-order valence-corrected chi connectivity index (χ3v) is 2.57. The molecule has 0 aliphatic heterocycles. The number of nitrogens with zero attached hydrogens (tertiary/aromatic N) is 2. The van der Waals surface area contributed by atoms with E-state index in [4.69, 9.17) is 9.81 Å². The molecular weight excluding hydrogens is 281 g/mol. The third kappa shape index (κ3) is 7.81. The molecule has 1 aromatic rings. The molecule has 0 spiro atoms. The Morgan fingerprint density at radius 1 is 1.42 bits per heavy atom. The van der Waals surface area contributed by atoms with Crippen molar-refractivity contribution in [2.75, 3.05) is 17.6 Å². The first-order chi connectivity index (χ1) is 8.40. The van der Waals surface area contributed by atoms with Crippen molar-refractivity contribution < 1.29 is 47.6 Å². The largest absolute Gasteiger partial charge is 1.00 e. The molecule has 9 heteroatoms. The fourth-order valence-corrected chi connectivity index (χ4v) is 1.38. The molecule has 0 aliphatic rings. The Kier molecular flexibility index (Phi) is 7.66. The Balaban J connectivity index is 0.00000324. The summed E-state index contributed by atoms with van der Waals surface area (Å²) in [6.07, 6.45) is 0. The van der Waals surface area contributed by atoms with E-state index < -0.39 is 21.9 Å². The van der Waals surface area contributed by atoms with Gasteiger partial charge in [-0.3, -0.25) is 9.55 Å². The topological polar surface area (TPSA) is 126 Å². The molecule has 0 aliphatic carbocycles. The summed E-state index contributed by atoms with van der Waals surface area (Å²) in [5.41, 5.74) is 0.894. The van der Waals surface area contributed by atoms with Gasteiger partial charge in [-0.25, -0.2) is 0 Å². The fourth-order valence-electron chi connectivity index (χ4n) is 1.05. The number of rotatable bonds is 4. The first-order valence-corrected chi connectivity index (χ1v) is 6.45. The van der Waals surface area contributed by atoms with Gasteiger partial charge in [0.1, 0.15) is 0 Å². The van der Waals surface area contributed by atoms with Gasteiger partial charge >= 0.3 is 29.6 Å². The number of nitrogens with one attached hydrogen (secondary N) is 1. The summed E-state index contributed by atoms with van der Waals surface area (Å²) in [4.78, 5) is 3.39. The van der Waals surface area contributed by atoms with E-state index in [9.17, 15) is 13.5 Å². The maximum Gasteiger partial charge on any atom is 1.00 e. The van der Waals surface area contributed by atoms with Crippen LogP contribution in [0.25, 0.3) is 0 Å². The number of nitriles is 1. The standard InChI is InChI=1S/C10H11N3O4S.Na/c11-7-8-1-3-9(4-2-8)13-10(14)12-5-6-18(15,16)17;/h1-4H,5-6H2,(H2,12,13,14)(H,15,16,17);/q;+1/p-1. The summed E-state index contributed by atoms with van der Waals surface area (Å²) in [6, 6.07) is 7.30. The predicted octanol–water partition coefficient (Wildman–Crippen LogP) is -3.42. The number of amidine groups is 1. The fraction of sp³-hybridized carbons (Fsp3) is 0.200. The van der Waals surface area contributed by atoms with Crippen LogP contribution in [0.4, 0.5) is 5.69 Å². The summed E-state index contributed by atoms with van der Waals surface area (Å²) >= 11 is 0. The molecule has 0 fully saturated rings. The van der Waals surface area contributed by atoms with E-state index in [1.54, 1.807) is 0 Å². The molecule has 0 atom stereocenters. The van der Waals surface area contributed by atoms with Gasteiger partial charge in [0.25, 0.3) is 10.1 Å². The van der Waals surface area contributed by atoms with Gasteiger partial charge in [0.15, 0.2) is 0 Å². The van der Waals surface area contributed by atoms with Gasteiger partial charge in [-0.05, 0) is 24.3 Å². The minimum Gasteiger partial charge on any atom is -0.846 e. The second-order valence-electron chi connectivity index (χ2n) is 3.29. The average molecular weight is 291 g/mol. The van der Waals surface area contributed by atoms with Gasteiger partial charge in [0.05, 0.1) is 30.0 Å². The Morgan fingerprint density at radius 2 is 2.00 bits per heavy atom. The molecule has 0 amide bonds. The van der Waals surface area contributed by atoms with Gasteiger partial charge in [0.2, 0.25) is 0 Å². The first kappa shape index (κ1) is 17.9. The van der Waals surface area contributed by atoms with Crippen LogP contribution in [0.1, 0.15) is 5.56 Å². The van der Waals surface area contributed by atoms with Crippen LogP contribution in [0, 0.1) is 11.3 Å². The zero-order valence-corrected chi connectivity index (χ0v) is 13.0. The third-order valence-electron chi connectivity index (χ3n) is 1.87. The van der Waals surface area contributed by atoms with Crippen molar-refractivity contribution in [3.8, 4) is 6.07 Å². The molecule has 96 valence electrons. The van der Waals surface area contributed by atoms with E-state index >= 15 is 0 Å². The summed E-state index contributed by atoms with van der Waals surface area (Å²) < 4.78 is 29.2. The molecule has 0 aromatic heterocycles. The zero-order valence-electron chi connectivity index (χ0n) is 10.2. The Morgan fingerprint density at radius 3 is 2.47 bits per heavy atom. The van der Waals surface area contributed by atoms with Crippen molar-refractivity contribution in [3.05, 3.63) is 29.8 Å². The minimum atomic E-state index is -4.11. The van der Waals surface area contributed by atoms with Crippen molar-refractivity contribution in [3.63, 3.8) is 0 Å². The van der Waals surface area contributed by atoms with Gasteiger partial charge in [-0.15, -0.1) is 0 Å². The monoisotopic (exact) mass is 291 g/mol. The zero-order chi connectivity index (χ0) is 13.6. The van der Waals surface area contributed by atoms with Crippen LogP contribution < -0.4 is 40.0 Å². The van der Waals surface area contributed by atoms with E-state index in [0.29, 0.717) is 11.3 Å².